The van der Waals surface area contributed by atoms with Crippen LogP contribution in [0.1, 0.15) is 16.2 Å². The van der Waals surface area contributed by atoms with E-state index in [1.807, 2.05) is 0 Å². The average molecular weight is 347 g/mol. The van der Waals surface area contributed by atoms with Gasteiger partial charge in [-0.05, 0) is 6.92 Å². The van der Waals surface area contributed by atoms with Gasteiger partial charge in [0.15, 0.2) is 17.2 Å². The van der Waals surface area contributed by atoms with Gasteiger partial charge >= 0.3 is 0 Å². The van der Waals surface area contributed by atoms with E-state index in [2.05, 4.69) is 15.4 Å². The molecule has 122 valence electrons. The summed E-state index contributed by atoms with van der Waals surface area (Å²) in [4.78, 5) is 26.9. The van der Waals surface area contributed by atoms with E-state index >= 15 is 0 Å². The number of rotatable bonds is 2. The maximum Gasteiger partial charge on any atom is 0.276 e. The summed E-state index contributed by atoms with van der Waals surface area (Å²) in [6.07, 6.45) is 1.63. The van der Waals surface area contributed by atoms with Crippen LogP contribution in [0.3, 0.4) is 0 Å². The van der Waals surface area contributed by atoms with Crippen molar-refractivity contribution in [1.82, 2.24) is 14.6 Å². The first-order valence-corrected chi connectivity index (χ1v) is 7.39. The smallest absolute Gasteiger partial charge is 0.276 e. The van der Waals surface area contributed by atoms with Crippen LogP contribution >= 0.6 is 11.6 Å². The topological polar surface area (TPSA) is 97.7 Å². The number of hydrogen-bond acceptors (Lipinski definition) is 5. The molecule has 2 N–H and O–H groups in total. The average Bonchev–Trinajstić information content (AvgIpc) is 3.13. The van der Waals surface area contributed by atoms with Gasteiger partial charge in [-0.15, -0.1) is 0 Å². The molecule has 0 spiro atoms. The Kier molecular flexibility index (Phi) is 3.20. The van der Waals surface area contributed by atoms with Crippen LogP contribution in [0.2, 0.25) is 5.02 Å². The van der Waals surface area contributed by atoms with Crippen LogP contribution in [0.25, 0.3) is 5.52 Å². The molecule has 9 heteroatoms. The molecule has 0 aliphatic carbocycles. The van der Waals surface area contributed by atoms with Crippen LogP contribution in [-0.4, -0.2) is 27.3 Å². The van der Waals surface area contributed by atoms with Gasteiger partial charge in [0.05, 0.1) is 10.7 Å². The molecule has 3 aromatic rings. The van der Waals surface area contributed by atoms with Gasteiger partial charge in [0.25, 0.3) is 11.5 Å². The fraction of sp³-hybridized carbons (Fsp3) is 0.133. The normalized spacial score (nSPS) is 12.6. The molecule has 1 amide bonds. The number of nitrogens with zero attached hydrogens (tertiary/aromatic N) is 2. The quantitative estimate of drug-likeness (QED) is 0.739. The Morgan fingerprint density at radius 1 is 1.33 bits per heavy atom. The predicted molar refractivity (Wildman–Crippen MR) is 86.1 cm³/mol. The standard InChI is InChI=1S/C15H11ClN4O4/c1-7-5-20-11(15(22)17-7)3-10(19-20)14(21)18-9-4-13-12(2-8(9)16)23-6-24-13/h2-5H,6H2,1H3,(H,17,22)(H,18,21). The molecule has 2 aromatic heterocycles. The summed E-state index contributed by atoms with van der Waals surface area (Å²) in [5, 5.41) is 7.09. The Bertz CT molecular complexity index is 1040. The number of H-pyrrole nitrogens is 1. The zero-order chi connectivity index (χ0) is 16.8. The predicted octanol–water partition coefficient (Wildman–Crippen LogP) is 1.97. The van der Waals surface area contributed by atoms with Crippen molar-refractivity contribution in [2.75, 3.05) is 12.1 Å². The number of carbonyl (C=O) groups is 1. The highest BCUT2D eigenvalue weighted by molar-refractivity contribution is 6.34. The number of amides is 1. The summed E-state index contributed by atoms with van der Waals surface area (Å²) in [6.45, 7) is 1.84. The molecule has 0 bridgehead atoms. The van der Waals surface area contributed by atoms with E-state index in [9.17, 15) is 9.59 Å². The number of ether oxygens (including phenoxy) is 2. The molecule has 0 atom stereocenters. The Morgan fingerprint density at radius 3 is 2.88 bits per heavy atom. The highest BCUT2D eigenvalue weighted by atomic mass is 35.5. The van der Waals surface area contributed by atoms with Gasteiger partial charge in [-0.1, -0.05) is 11.6 Å². The fourth-order valence-electron chi connectivity index (χ4n) is 2.43. The second-order valence-electron chi connectivity index (χ2n) is 5.27. The van der Waals surface area contributed by atoms with E-state index in [1.165, 1.54) is 10.6 Å². The minimum Gasteiger partial charge on any atom is -0.454 e. The molecule has 8 nitrogen and oxygen atoms in total. The monoisotopic (exact) mass is 346 g/mol. The second kappa shape index (κ2) is 5.27. The van der Waals surface area contributed by atoms with Gasteiger partial charge in [-0.2, -0.15) is 5.10 Å². The highest BCUT2D eigenvalue weighted by Gasteiger charge is 2.19. The van der Waals surface area contributed by atoms with Crippen molar-refractivity contribution < 1.29 is 14.3 Å². The maximum atomic E-state index is 12.4. The van der Waals surface area contributed by atoms with Crippen molar-refractivity contribution in [3.05, 3.63) is 51.2 Å². The van der Waals surface area contributed by atoms with Crippen molar-refractivity contribution in [2.24, 2.45) is 0 Å². The first kappa shape index (κ1) is 14.6. The fourth-order valence-corrected chi connectivity index (χ4v) is 2.63. The largest absolute Gasteiger partial charge is 0.454 e. The van der Waals surface area contributed by atoms with Gasteiger partial charge in [-0.25, -0.2) is 4.52 Å². The minimum atomic E-state index is -0.489. The zero-order valence-corrected chi connectivity index (χ0v) is 13.2. The van der Waals surface area contributed by atoms with Crippen LogP contribution < -0.4 is 20.3 Å². The summed E-state index contributed by atoms with van der Waals surface area (Å²) in [5.41, 5.74) is 1.07. The molecule has 1 aliphatic rings. The van der Waals surface area contributed by atoms with E-state index in [0.717, 1.165) is 0 Å². The number of aromatic nitrogens is 3. The minimum absolute atomic E-state index is 0.0971. The van der Waals surface area contributed by atoms with Crippen molar-refractivity contribution in [1.29, 1.82) is 0 Å². The van der Waals surface area contributed by atoms with Gasteiger partial charge in [0.2, 0.25) is 6.79 Å². The summed E-state index contributed by atoms with van der Waals surface area (Å²) in [5.74, 6) is 0.529. The number of carbonyl (C=O) groups excluding carboxylic acids is 1. The molecule has 3 heterocycles. The second-order valence-corrected chi connectivity index (χ2v) is 5.67. The molecule has 0 unspecified atom stereocenters. The van der Waals surface area contributed by atoms with Crippen molar-refractivity contribution in [3.63, 3.8) is 0 Å². The third-order valence-corrected chi connectivity index (χ3v) is 3.85. The lowest BCUT2D eigenvalue weighted by Gasteiger charge is -2.07. The number of nitrogens with one attached hydrogen (secondary N) is 2. The number of aromatic amines is 1. The number of benzene rings is 1. The third kappa shape index (κ3) is 2.37. The van der Waals surface area contributed by atoms with Crippen LogP contribution in [0.4, 0.5) is 5.69 Å². The van der Waals surface area contributed by atoms with Crippen molar-refractivity contribution in [2.45, 2.75) is 6.92 Å². The van der Waals surface area contributed by atoms with Gasteiger partial charge in [0.1, 0.15) is 5.52 Å². The molecule has 1 aromatic carbocycles. The number of fused-ring (bicyclic) bond motifs is 2. The number of anilines is 1. The Labute approximate surface area is 140 Å². The Balaban J connectivity index is 1.68. The molecule has 4 rings (SSSR count). The van der Waals surface area contributed by atoms with Crippen LogP contribution in [0, 0.1) is 6.92 Å². The van der Waals surface area contributed by atoms with E-state index in [-0.39, 0.29) is 23.6 Å². The molecule has 1 aliphatic heterocycles. The molecule has 0 saturated carbocycles. The van der Waals surface area contributed by atoms with Crippen molar-refractivity contribution >= 4 is 28.7 Å². The third-order valence-electron chi connectivity index (χ3n) is 3.54. The molecule has 24 heavy (non-hydrogen) atoms. The van der Waals surface area contributed by atoms with E-state index < -0.39 is 5.91 Å². The summed E-state index contributed by atoms with van der Waals surface area (Å²) in [7, 11) is 0. The first-order valence-electron chi connectivity index (χ1n) is 7.01. The van der Waals surface area contributed by atoms with Crippen LogP contribution in [0.5, 0.6) is 11.5 Å². The van der Waals surface area contributed by atoms with Gasteiger partial charge in [-0.3, -0.25) is 9.59 Å². The molecule has 0 radical (unpaired) electrons. The highest BCUT2D eigenvalue weighted by Crippen LogP contribution is 2.39. The van der Waals surface area contributed by atoms with E-state index in [4.69, 9.17) is 21.1 Å². The molecular weight excluding hydrogens is 336 g/mol. The van der Waals surface area contributed by atoms with E-state index in [0.29, 0.717) is 27.9 Å². The zero-order valence-electron chi connectivity index (χ0n) is 12.4. The summed E-state index contributed by atoms with van der Waals surface area (Å²) < 4.78 is 11.8. The number of hydrogen-bond donors (Lipinski definition) is 2. The summed E-state index contributed by atoms with van der Waals surface area (Å²) >= 11 is 6.13. The molecule has 0 fully saturated rings. The maximum absolute atomic E-state index is 12.4. The van der Waals surface area contributed by atoms with Gasteiger partial charge < -0.3 is 19.8 Å². The lowest BCUT2D eigenvalue weighted by molar-refractivity contribution is 0.102. The first-order chi connectivity index (χ1) is 11.5. The van der Waals surface area contributed by atoms with Crippen LogP contribution in [-0.2, 0) is 0 Å². The lowest BCUT2D eigenvalue weighted by atomic mass is 10.2. The summed E-state index contributed by atoms with van der Waals surface area (Å²) in [6, 6.07) is 4.56. The van der Waals surface area contributed by atoms with Crippen LogP contribution in [0.15, 0.2) is 29.2 Å². The SMILES string of the molecule is Cc1cn2nc(C(=O)Nc3cc4c(cc3Cl)OCO4)cc2c(=O)[nH]1. The molecular formula is C15H11ClN4O4. The number of halogens is 1. The number of aryl methyl sites for hydroxylation is 1. The van der Waals surface area contributed by atoms with E-state index in [1.54, 1.807) is 25.3 Å². The van der Waals surface area contributed by atoms with Gasteiger partial charge in [0, 0.05) is 30.1 Å². The Morgan fingerprint density at radius 2 is 2.08 bits per heavy atom. The Hall–Kier alpha value is -3.00. The molecule has 0 saturated heterocycles. The van der Waals surface area contributed by atoms with Crippen molar-refractivity contribution in [3.8, 4) is 11.5 Å². The lowest BCUT2D eigenvalue weighted by Crippen LogP contribution is -2.13.